The first-order valence-corrected chi connectivity index (χ1v) is 11.6. The van der Waals surface area contributed by atoms with Crippen molar-refractivity contribution in [2.75, 3.05) is 26.2 Å². The van der Waals surface area contributed by atoms with E-state index < -0.39 is 10.0 Å². The molecule has 4 rings (SSSR count). The van der Waals surface area contributed by atoms with Gasteiger partial charge in [0.05, 0.1) is 11.1 Å². The highest BCUT2D eigenvalue weighted by Crippen LogP contribution is 2.28. The van der Waals surface area contributed by atoms with E-state index in [-0.39, 0.29) is 19.0 Å². The van der Waals surface area contributed by atoms with Crippen LogP contribution in [0.2, 0.25) is 0 Å². The molecular formula is C19H23N5O3S2. The molecule has 3 aromatic rings. The van der Waals surface area contributed by atoms with Gasteiger partial charge in [-0.15, -0.1) is 11.3 Å². The van der Waals surface area contributed by atoms with Crippen LogP contribution in [0.3, 0.4) is 0 Å². The van der Waals surface area contributed by atoms with Crippen LogP contribution in [0.4, 0.5) is 0 Å². The molecule has 0 bridgehead atoms. The maximum absolute atomic E-state index is 13.1. The second-order valence-corrected chi connectivity index (χ2v) is 10.4. The normalized spacial score (nSPS) is 15.8. The molecule has 1 aliphatic heterocycles. The molecule has 0 radical (unpaired) electrons. The highest BCUT2D eigenvalue weighted by atomic mass is 32.2. The fourth-order valence-corrected chi connectivity index (χ4v) is 6.61. The molecule has 0 N–H and O–H groups in total. The maximum Gasteiger partial charge on any atom is 0.259 e. The Labute approximate surface area is 174 Å². The van der Waals surface area contributed by atoms with Gasteiger partial charge in [-0.3, -0.25) is 9.48 Å². The lowest BCUT2D eigenvalue weighted by Gasteiger charge is -2.34. The summed E-state index contributed by atoms with van der Waals surface area (Å²) >= 11 is 1.48. The fourth-order valence-electron chi connectivity index (χ4n) is 3.67. The van der Waals surface area contributed by atoms with E-state index in [1.54, 1.807) is 28.9 Å². The summed E-state index contributed by atoms with van der Waals surface area (Å²) in [6.07, 6.45) is 5.30. The Bertz CT molecular complexity index is 1140. The molecule has 1 fully saturated rings. The number of piperazine rings is 1. The van der Waals surface area contributed by atoms with Crippen LogP contribution in [0.15, 0.2) is 41.7 Å². The van der Waals surface area contributed by atoms with E-state index in [0.717, 1.165) is 9.75 Å². The monoisotopic (exact) mass is 433 g/mol. The number of hydrogen-bond donors (Lipinski definition) is 0. The number of thiophene rings is 1. The van der Waals surface area contributed by atoms with Crippen molar-refractivity contribution in [2.45, 2.75) is 18.7 Å². The predicted molar refractivity (Wildman–Crippen MR) is 111 cm³/mol. The molecule has 4 heterocycles. The average Bonchev–Trinajstić information content (AvgIpc) is 3.41. The van der Waals surface area contributed by atoms with E-state index in [4.69, 9.17) is 0 Å². The lowest BCUT2D eigenvalue weighted by Crippen LogP contribution is -2.50. The van der Waals surface area contributed by atoms with E-state index >= 15 is 0 Å². The smallest absolute Gasteiger partial charge is 0.259 e. The van der Waals surface area contributed by atoms with Crippen molar-refractivity contribution >= 4 is 27.3 Å². The Balaban J connectivity index is 1.51. The first kappa shape index (κ1) is 19.9. The van der Waals surface area contributed by atoms with Gasteiger partial charge in [0.15, 0.2) is 0 Å². The molecule has 0 unspecified atom stereocenters. The van der Waals surface area contributed by atoms with Crippen molar-refractivity contribution < 1.29 is 13.2 Å². The third-order valence-electron chi connectivity index (χ3n) is 5.13. The number of carbonyl (C=O) groups is 1. The number of amides is 1. The highest BCUT2D eigenvalue weighted by Gasteiger charge is 2.33. The lowest BCUT2D eigenvalue weighted by molar-refractivity contribution is 0.0698. The number of aromatic nitrogens is 3. The minimum Gasteiger partial charge on any atom is -0.336 e. The summed E-state index contributed by atoms with van der Waals surface area (Å²) < 4.78 is 31.0. The van der Waals surface area contributed by atoms with E-state index in [1.807, 2.05) is 42.9 Å². The standard InChI is InChI=1S/C19H23N5O3S2/c1-14-12-17(15(2)28-14)29(26,27)24-10-8-23(9-11-24)19(25)16-13-20-21(3)18(16)22-6-4-5-7-22/h4-7,12-13H,8-11H2,1-3H3. The van der Waals surface area contributed by atoms with Crippen LogP contribution in [-0.2, 0) is 17.1 Å². The van der Waals surface area contributed by atoms with Gasteiger partial charge in [-0.05, 0) is 32.0 Å². The molecule has 0 atom stereocenters. The number of hydrogen-bond acceptors (Lipinski definition) is 5. The topological polar surface area (TPSA) is 80.4 Å². The van der Waals surface area contributed by atoms with Crippen LogP contribution in [0.5, 0.6) is 0 Å². The fraction of sp³-hybridized carbons (Fsp3) is 0.368. The van der Waals surface area contributed by atoms with Crippen molar-refractivity contribution in [3.05, 3.63) is 52.1 Å². The largest absolute Gasteiger partial charge is 0.336 e. The molecule has 0 aromatic carbocycles. The van der Waals surface area contributed by atoms with Gasteiger partial charge in [0.2, 0.25) is 10.0 Å². The Morgan fingerprint density at radius 3 is 2.34 bits per heavy atom. The summed E-state index contributed by atoms with van der Waals surface area (Å²) in [6.45, 7) is 4.99. The van der Waals surface area contributed by atoms with Gasteiger partial charge >= 0.3 is 0 Å². The number of nitrogens with zero attached hydrogens (tertiary/aromatic N) is 5. The van der Waals surface area contributed by atoms with Crippen LogP contribution in [0.25, 0.3) is 5.82 Å². The third-order valence-corrected chi connectivity index (χ3v) is 8.25. The first-order valence-electron chi connectivity index (χ1n) is 9.31. The van der Waals surface area contributed by atoms with Crippen LogP contribution in [-0.4, -0.2) is 64.1 Å². The molecule has 0 spiro atoms. The van der Waals surface area contributed by atoms with Crippen molar-refractivity contribution in [1.29, 1.82) is 0 Å². The Hall–Kier alpha value is -2.43. The Morgan fingerprint density at radius 2 is 1.76 bits per heavy atom. The minimum absolute atomic E-state index is 0.138. The molecule has 1 amide bonds. The SMILES string of the molecule is Cc1cc(S(=O)(=O)N2CCN(C(=O)c3cnn(C)c3-n3cccc3)CC2)c(C)s1. The van der Waals surface area contributed by atoms with Gasteiger partial charge < -0.3 is 9.47 Å². The molecule has 1 saturated heterocycles. The van der Waals surface area contributed by atoms with Gasteiger partial charge in [0.25, 0.3) is 5.91 Å². The molecular weight excluding hydrogens is 410 g/mol. The predicted octanol–water partition coefficient (Wildman–Crippen LogP) is 2.04. The quantitative estimate of drug-likeness (QED) is 0.631. The van der Waals surface area contributed by atoms with Crippen molar-refractivity contribution in [1.82, 2.24) is 23.6 Å². The zero-order chi connectivity index (χ0) is 20.8. The zero-order valence-corrected chi connectivity index (χ0v) is 18.2. The second kappa shape index (κ2) is 7.43. The zero-order valence-electron chi connectivity index (χ0n) is 16.6. The molecule has 1 aliphatic rings. The van der Waals surface area contributed by atoms with Crippen molar-refractivity contribution in [2.24, 2.45) is 7.05 Å². The van der Waals surface area contributed by atoms with Gasteiger partial charge in [0.1, 0.15) is 11.4 Å². The van der Waals surface area contributed by atoms with E-state index in [0.29, 0.717) is 29.4 Å². The van der Waals surface area contributed by atoms with Crippen molar-refractivity contribution in [3.63, 3.8) is 0 Å². The van der Waals surface area contributed by atoms with Gasteiger partial charge in [0, 0.05) is 55.4 Å². The van der Waals surface area contributed by atoms with Gasteiger partial charge in [-0.2, -0.15) is 9.40 Å². The maximum atomic E-state index is 13.1. The summed E-state index contributed by atoms with van der Waals surface area (Å²) in [6, 6.07) is 5.50. The summed E-state index contributed by atoms with van der Waals surface area (Å²) in [7, 11) is -1.75. The lowest BCUT2D eigenvalue weighted by atomic mass is 10.2. The summed E-state index contributed by atoms with van der Waals surface area (Å²) in [5, 5.41) is 4.24. The molecule has 0 aliphatic carbocycles. The highest BCUT2D eigenvalue weighted by molar-refractivity contribution is 7.89. The number of carbonyl (C=O) groups excluding carboxylic acids is 1. The van der Waals surface area contributed by atoms with E-state index in [9.17, 15) is 13.2 Å². The van der Waals surface area contributed by atoms with Crippen LogP contribution >= 0.6 is 11.3 Å². The molecule has 3 aromatic heterocycles. The minimum atomic E-state index is -3.54. The molecule has 29 heavy (non-hydrogen) atoms. The average molecular weight is 434 g/mol. The number of sulfonamides is 1. The summed E-state index contributed by atoms with van der Waals surface area (Å²) in [4.78, 5) is 17.0. The molecule has 8 nitrogen and oxygen atoms in total. The van der Waals surface area contributed by atoms with Gasteiger partial charge in [-0.1, -0.05) is 0 Å². The van der Waals surface area contributed by atoms with Gasteiger partial charge in [-0.25, -0.2) is 8.42 Å². The number of rotatable bonds is 4. The van der Waals surface area contributed by atoms with Crippen LogP contribution < -0.4 is 0 Å². The van der Waals surface area contributed by atoms with Crippen molar-refractivity contribution in [3.8, 4) is 5.82 Å². The first-order chi connectivity index (χ1) is 13.8. The molecule has 0 saturated carbocycles. The van der Waals surface area contributed by atoms with E-state index in [1.165, 1.54) is 15.6 Å². The van der Waals surface area contributed by atoms with E-state index in [2.05, 4.69) is 5.10 Å². The third kappa shape index (κ3) is 3.52. The van der Waals surface area contributed by atoms with Crippen LogP contribution in [0.1, 0.15) is 20.1 Å². The molecule has 10 heteroatoms. The second-order valence-electron chi connectivity index (χ2n) is 7.07. The summed E-state index contributed by atoms with van der Waals surface area (Å²) in [5.41, 5.74) is 0.504. The summed E-state index contributed by atoms with van der Waals surface area (Å²) in [5.74, 6) is 0.556. The molecule has 154 valence electrons. The number of aryl methyl sites for hydroxylation is 3. The Kier molecular flexibility index (Phi) is 5.09. The Morgan fingerprint density at radius 1 is 1.10 bits per heavy atom. The van der Waals surface area contributed by atoms with Crippen LogP contribution in [0, 0.1) is 13.8 Å².